The molecule has 0 saturated heterocycles. The molecule has 142 valence electrons. The smallest absolute Gasteiger partial charge is 0.284 e. The maximum absolute atomic E-state index is 13.3. The Balaban J connectivity index is 2.25. The highest BCUT2D eigenvalue weighted by molar-refractivity contribution is 6.45. The number of carbonyl (C=O) groups excluding carboxylic acids is 1. The van der Waals surface area contributed by atoms with Gasteiger partial charge in [0, 0.05) is 23.7 Å². The predicted molar refractivity (Wildman–Crippen MR) is 97.8 cm³/mol. The molecule has 0 bridgehead atoms. The topological polar surface area (TPSA) is 72.3 Å². The lowest BCUT2D eigenvalue weighted by atomic mass is 10.0. The van der Waals surface area contributed by atoms with Crippen LogP contribution in [-0.4, -0.2) is 37.9 Å². The minimum Gasteiger partial charge on any atom is -0.398 e. The van der Waals surface area contributed by atoms with E-state index in [-0.39, 0.29) is 17.9 Å². The normalized spacial score (nSPS) is 12.0. The molecule has 0 fully saturated rings. The van der Waals surface area contributed by atoms with Gasteiger partial charge in [0.25, 0.3) is 12.3 Å². The number of nitrogens with one attached hydrogen (secondary N) is 1. The van der Waals surface area contributed by atoms with Crippen molar-refractivity contribution in [3.63, 3.8) is 0 Å². The Labute approximate surface area is 155 Å². The summed E-state index contributed by atoms with van der Waals surface area (Å²) in [4.78, 5) is 21.9. The second kappa shape index (κ2) is 10.0. The monoisotopic (exact) mass is 375 g/mol. The number of amides is 1. The van der Waals surface area contributed by atoms with Gasteiger partial charge in [0.1, 0.15) is 13.7 Å². The first-order valence-corrected chi connectivity index (χ1v) is 8.03. The molecule has 2 aromatic carbocycles. The molecule has 6 nitrogen and oxygen atoms in total. The van der Waals surface area contributed by atoms with E-state index in [9.17, 15) is 13.6 Å². The van der Waals surface area contributed by atoms with Gasteiger partial charge in [-0.25, -0.2) is 8.78 Å². The van der Waals surface area contributed by atoms with Gasteiger partial charge in [0.15, 0.2) is 11.4 Å². The lowest BCUT2D eigenvalue weighted by Crippen LogP contribution is -2.29. The van der Waals surface area contributed by atoms with Crippen LogP contribution in [0, 0.1) is 0 Å². The summed E-state index contributed by atoms with van der Waals surface area (Å²) in [6.07, 6.45) is -2.79. The summed E-state index contributed by atoms with van der Waals surface area (Å²) in [6.45, 7) is -0.126. The summed E-state index contributed by atoms with van der Waals surface area (Å²) >= 11 is 0. The summed E-state index contributed by atoms with van der Waals surface area (Å²) in [5, 5.41) is 9.80. The van der Waals surface area contributed by atoms with Crippen molar-refractivity contribution in [3.8, 4) is 0 Å². The predicted octanol–water partition coefficient (Wildman–Crippen LogP) is 2.97. The number of benzene rings is 2. The Bertz CT molecular complexity index is 824. The van der Waals surface area contributed by atoms with Crippen LogP contribution in [0.1, 0.15) is 16.7 Å². The molecule has 0 spiro atoms. The van der Waals surface area contributed by atoms with Gasteiger partial charge in [-0.3, -0.25) is 4.79 Å². The zero-order valence-corrected chi connectivity index (χ0v) is 14.9. The third-order valence-electron chi connectivity index (χ3n) is 3.56. The minimum absolute atomic E-state index is 0.0420. The van der Waals surface area contributed by atoms with Crippen LogP contribution in [0.5, 0.6) is 0 Å². The first kappa shape index (κ1) is 20.0. The van der Waals surface area contributed by atoms with Gasteiger partial charge in [0.05, 0.1) is 0 Å². The average Bonchev–Trinajstić information content (AvgIpc) is 2.69. The zero-order chi connectivity index (χ0) is 19.6. The molecule has 0 aliphatic carbocycles. The Kier molecular flexibility index (Phi) is 7.42. The summed E-state index contributed by atoms with van der Waals surface area (Å²) in [7, 11) is 2.78. The van der Waals surface area contributed by atoms with Gasteiger partial charge < -0.3 is 15.0 Å². The number of halogens is 2. The molecule has 0 saturated carbocycles. The van der Waals surface area contributed by atoms with Crippen LogP contribution in [0.4, 0.5) is 8.78 Å². The molecule has 0 radical (unpaired) electrons. The highest BCUT2D eigenvalue weighted by atomic mass is 19.3. The van der Waals surface area contributed by atoms with E-state index in [0.717, 1.165) is 0 Å². The Morgan fingerprint density at radius 1 is 1.07 bits per heavy atom. The van der Waals surface area contributed by atoms with Gasteiger partial charge in [-0.2, -0.15) is 0 Å². The zero-order valence-electron chi connectivity index (χ0n) is 14.9. The third kappa shape index (κ3) is 5.34. The van der Waals surface area contributed by atoms with Crippen LogP contribution in [0.3, 0.4) is 0 Å². The molecule has 2 aromatic rings. The fourth-order valence-corrected chi connectivity index (χ4v) is 2.30. The number of carbonyl (C=O) groups is 1. The van der Waals surface area contributed by atoms with Crippen molar-refractivity contribution < 1.29 is 23.3 Å². The molecular formula is C19H19F2N3O3. The molecular weight excluding hydrogens is 356 g/mol. The largest absolute Gasteiger partial charge is 0.398 e. The first-order valence-electron chi connectivity index (χ1n) is 8.03. The second-order valence-electron chi connectivity index (χ2n) is 5.28. The maximum atomic E-state index is 13.3. The minimum atomic E-state index is -2.79. The second-order valence-corrected chi connectivity index (χ2v) is 5.28. The van der Waals surface area contributed by atoms with Gasteiger partial charge in [-0.15, -0.1) is 0 Å². The molecule has 1 N–H and O–H groups in total. The number of hydrogen-bond donors (Lipinski definition) is 1. The summed E-state index contributed by atoms with van der Waals surface area (Å²) in [5.74, 6) is -0.453. The standard InChI is InChI=1S/C19H19F2N3O3/c1-22-19(25)17(23-26-2)15-11-7-6-10-14(15)12-27-24-16(18(20)21)13-8-4-3-5-9-13/h3-11,18H,12H2,1-2H3,(H,22,25)/b23-17+,24-16-. The first-order chi connectivity index (χ1) is 13.1. The van der Waals surface area contributed by atoms with Crippen molar-refractivity contribution in [1.29, 1.82) is 0 Å². The summed E-state index contributed by atoms with van der Waals surface area (Å²) in [6, 6.07) is 14.8. The maximum Gasteiger partial charge on any atom is 0.284 e. The van der Waals surface area contributed by atoms with Crippen LogP contribution >= 0.6 is 0 Å². The molecule has 0 heterocycles. The lowest BCUT2D eigenvalue weighted by molar-refractivity contribution is -0.114. The molecule has 0 atom stereocenters. The highest BCUT2D eigenvalue weighted by Crippen LogP contribution is 2.14. The van der Waals surface area contributed by atoms with Crippen LogP contribution in [0.25, 0.3) is 0 Å². The third-order valence-corrected chi connectivity index (χ3v) is 3.56. The highest BCUT2D eigenvalue weighted by Gasteiger charge is 2.19. The van der Waals surface area contributed by atoms with Crippen molar-refractivity contribution in [1.82, 2.24) is 5.32 Å². The van der Waals surface area contributed by atoms with E-state index in [1.165, 1.54) is 26.3 Å². The van der Waals surface area contributed by atoms with Gasteiger partial charge in [-0.1, -0.05) is 64.9 Å². The number of alkyl halides is 2. The lowest BCUT2D eigenvalue weighted by Gasteiger charge is -2.11. The van der Waals surface area contributed by atoms with E-state index in [1.54, 1.807) is 42.5 Å². The van der Waals surface area contributed by atoms with Gasteiger partial charge in [-0.05, 0) is 0 Å². The SMILES string of the molecule is CNC(=O)/C(=N/OC)c1ccccc1CO/N=C(/c1ccccc1)C(F)F. The van der Waals surface area contributed by atoms with Crippen LogP contribution in [0.15, 0.2) is 64.9 Å². The van der Waals surface area contributed by atoms with Crippen LogP contribution in [-0.2, 0) is 21.1 Å². The molecule has 0 aliphatic rings. The number of nitrogens with zero attached hydrogens (tertiary/aromatic N) is 2. The van der Waals surface area contributed by atoms with Crippen molar-refractivity contribution in [2.45, 2.75) is 13.0 Å². The number of hydrogen-bond acceptors (Lipinski definition) is 5. The van der Waals surface area contributed by atoms with Gasteiger partial charge in [0.2, 0.25) is 0 Å². The van der Waals surface area contributed by atoms with E-state index < -0.39 is 18.0 Å². The van der Waals surface area contributed by atoms with Crippen LogP contribution < -0.4 is 5.32 Å². The van der Waals surface area contributed by atoms with E-state index in [2.05, 4.69) is 15.6 Å². The van der Waals surface area contributed by atoms with E-state index in [1.807, 2.05) is 0 Å². The van der Waals surface area contributed by atoms with Crippen LogP contribution in [0.2, 0.25) is 0 Å². The molecule has 2 rings (SSSR count). The fraction of sp³-hybridized carbons (Fsp3) is 0.211. The molecule has 1 amide bonds. The summed E-state index contributed by atoms with van der Waals surface area (Å²) < 4.78 is 26.5. The van der Waals surface area contributed by atoms with E-state index in [4.69, 9.17) is 9.68 Å². The molecule has 0 unspecified atom stereocenters. The van der Waals surface area contributed by atoms with Crippen molar-refractivity contribution in [2.75, 3.05) is 14.2 Å². The number of likely N-dealkylation sites (N-methyl/N-ethyl adjacent to an activating group) is 1. The fourth-order valence-electron chi connectivity index (χ4n) is 2.30. The van der Waals surface area contributed by atoms with E-state index in [0.29, 0.717) is 11.1 Å². The van der Waals surface area contributed by atoms with Crippen molar-refractivity contribution >= 4 is 17.3 Å². The average molecular weight is 375 g/mol. The van der Waals surface area contributed by atoms with Crippen molar-refractivity contribution in [2.24, 2.45) is 10.3 Å². The van der Waals surface area contributed by atoms with Gasteiger partial charge >= 0.3 is 0 Å². The number of rotatable bonds is 8. The molecule has 8 heteroatoms. The van der Waals surface area contributed by atoms with Crippen molar-refractivity contribution in [3.05, 3.63) is 71.3 Å². The Morgan fingerprint density at radius 3 is 2.37 bits per heavy atom. The number of oxime groups is 2. The molecule has 27 heavy (non-hydrogen) atoms. The quantitative estimate of drug-likeness (QED) is 0.570. The Morgan fingerprint density at radius 2 is 1.74 bits per heavy atom. The molecule has 0 aliphatic heterocycles. The molecule has 0 aromatic heterocycles. The van der Waals surface area contributed by atoms with E-state index >= 15 is 0 Å². The summed E-state index contributed by atoms with van der Waals surface area (Å²) in [5.41, 5.74) is 0.841. The Hall–Kier alpha value is -3.29.